The summed E-state index contributed by atoms with van der Waals surface area (Å²) in [6.45, 7) is 1.77. The fraction of sp³-hybridized carbons (Fsp3) is 0.389. The molecule has 5 nitrogen and oxygen atoms in total. The zero-order valence-electron chi connectivity index (χ0n) is 13.1. The summed E-state index contributed by atoms with van der Waals surface area (Å²) < 4.78 is 12.3. The first-order valence-electron chi connectivity index (χ1n) is 8.24. The molecule has 2 fully saturated rings. The number of fused-ring (bicyclic) bond motifs is 2. The molecule has 0 radical (unpaired) electrons. The predicted molar refractivity (Wildman–Crippen MR) is 89.9 cm³/mol. The van der Waals surface area contributed by atoms with E-state index < -0.39 is 5.72 Å². The van der Waals surface area contributed by atoms with Gasteiger partial charge in [-0.3, -0.25) is 4.90 Å². The lowest BCUT2D eigenvalue weighted by atomic mass is 9.76. The van der Waals surface area contributed by atoms with Crippen LogP contribution in [0.25, 0.3) is 0 Å². The highest BCUT2D eigenvalue weighted by molar-refractivity contribution is 7.09. The summed E-state index contributed by atoms with van der Waals surface area (Å²) >= 11 is 1.66. The average Bonchev–Trinajstić information content (AvgIpc) is 3.11. The maximum absolute atomic E-state index is 12.9. The number of thiophene rings is 1. The molecule has 3 atom stereocenters. The Kier molecular flexibility index (Phi) is 3.11. The SMILES string of the molecule is O=C1NC2c3ccccc3OC3(CCOCC23)N1Cc1cccs1. The van der Waals surface area contributed by atoms with Gasteiger partial charge < -0.3 is 14.8 Å². The molecule has 2 saturated heterocycles. The smallest absolute Gasteiger partial charge is 0.321 e. The Balaban J connectivity index is 1.62. The van der Waals surface area contributed by atoms with E-state index in [1.54, 1.807) is 11.3 Å². The van der Waals surface area contributed by atoms with E-state index in [1.807, 2.05) is 40.6 Å². The van der Waals surface area contributed by atoms with Gasteiger partial charge in [0, 0.05) is 16.9 Å². The van der Waals surface area contributed by atoms with Crippen LogP contribution < -0.4 is 10.1 Å². The Morgan fingerprint density at radius 3 is 3.08 bits per heavy atom. The lowest BCUT2D eigenvalue weighted by Gasteiger charge is -2.58. The molecule has 5 rings (SSSR count). The van der Waals surface area contributed by atoms with Crippen molar-refractivity contribution in [3.05, 3.63) is 52.2 Å². The van der Waals surface area contributed by atoms with Gasteiger partial charge in [-0.1, -0.05) is 24.3 Å². The van der Waals surface area contributed by atoms with Gasteiger partial charge in [-0.05, 0) is 17.5 Å². The van der Waals surface area contributed by atoms with Gasteiger partial charge >= 0.3 is 6.03 Å². The van der Waals surface area contributed by atoms with E-state index in [9.17, 15) is 4.79 Å². The highest BCUT2D eigenvalue weighted by atomic mass is 32.1. The van der Waals surface area contributed by atoms with Crippen molar-refractivity contribution >= 4 is 17.4 Å². The molecule has 2 amide bonds. The summed E-state index contributed by atoms with van der Waals surface area (Å²) in [5.41, 5.74) is 0.427. The number of para-hydroxylation sites is 1. The van der Waals surface area contributed by atoms with Crippen LogP contribution >= 0.6 is 11.3 Å². The lowest BCUT2D eigenvalue weighted by Crippen LogP contribution is -2.72. The van der Waals surface area contributed by atoms with Crippen molar-refractivity contribution in [2.24, 2.45) is 5.92 Å². The van der Waals surface area contributed by atoms with Crippen molar-refractivity contribution in [2.75, 3.05) is 13.2 Å². The summed E-state index contributed by atoms with van der Waals surface area (Å²) in [5, 5.41) is 5.23. The van der Waals surface area contributed by atoms with Crippen LogP contribution in [0.4, 0.5) is 4.79 Å². The molecule has 0 aliphatic carbocycles. The third-order valence-electron chi connectivity index (χ3n) is 5.30. The minimum absolute atomic E-state index is 0.0534. The van der Waals surface area contributed by atoms with Crippen molar-refractivity contribution < 1.29 is 14.3 Å². The van der Waals surface area contributed by atoms with Crippen LogP contribution in [-0.4, -0.2) is 29.9 Å². The number of benzene rings is 1. The van der Waals surface area contributed by atoms with Gasteiger partial charge in [-0.25, -0.2) is 4.79 Å². The summed E-state index contributed by atoms with van der Waals surface area (Å²) in [7, 11) is 0. The standard InChI is InChI=1S/C18H18N2O3S/c21-17-19-16-13-5-1-2-6-15(13)23-18(7-8-22-11-14(16)18)20(17)10-12-4-3-9-24-12/h1-6,9,14,16H,7-8,10-11H2,(H,19,21). The summed E-state index contributed by atoms with van der Waals surface area (Å²) in [6, 6.07) is 12.0. The zero-order chi connectivity index (χ0) is 16.1. The van der Waals surface area contributed by atoms with Crippen molar-refractivity contribution in [1.82, 2.24) is 10.2 Å². The molecular weight excluding hydrogens is 324 g/mol. The molecule has 3 aliphatic rings. The number of carbonyl (C=O) groups is 1. The second-order valence-electron chi connectivity index (χ2n) is 6.51. The van der Waals surface area contributed by atoms with Gasteiger partial charge in [0.05, 0.1) is 31.7 Å². The first kappa shape index (κ1) is 14.3. The fourth-order valence-electron chi connectivity index (χ4n) is 4.18. The summed E-state index contributed by atoms with van der Waals surface area (Å²) in [5.74, 6) is 0.968. The van der Waals surface area contributed by atoms with Crippen molar-refractivity contribution in [2.45, 2.75) is 24.7 Å². The molecule has 0 spiro atoms. The van der Waals surface area contributed by atoms with Crippen molar-refractivity contribution in [1.29, 1.82) is 0 Å². The van der Waals surface area contributed by atoms with E-state index >= 15 is 0 Å². The lowest BCUT2D eigenvalue weighted by molar-refractivity contribution is -0.200. The Labute approximate surface area is 144 Å². The van der Waals surface area contributed by atoms with Crippen LogP contribution in [-0.2, 0) is 11.3 Å². The fourth-order valence-corrected chi connectivity index (χ4v) is 4.87. The third-order valence-corrected chi connectivity index (χ3v) is 6.16. The zero-order valence-corrected chi connectivity index (χ0v) is 13.9. The molecule has 3 unspecified atom stereocenters. The molecule has 2 bridgehead atoms. The molecule has 24 heavy (non-hydrogen) atoms. The Morgan fingerprint density at radius 2 is 2.21 bits per heavy atom. The van der Waals surface area contributed by atoms with Gasteiger partial charge in [-0.15, -0.1) is 11.3 Å². The first-order valence-corrected chi connectivity index (χ1v) is 9.12. The maximum atomic E-state index is 12.9. The van der Waals surface area contributed by atoms with Crippen LogP contribution in [0.1, 0.15) is 22.9 Å². The number of nitrogens with zero attached hydrogens (tertiary/aromatic N) is 1. The first-order chi connectivity index (χ1) is 11.8. The van der Waals surface area contributed by atoms with Crippen molar-refractivity contribution in [3.63, 3.8) is 0 Å². The number of hydrogen-bond donors (Lipinski definition) is 1. The molecule has 2 aromatic rings. The molecule has 124 valence electrons. The molecule has 1 N–H and O–H groups in total. The van der Waals surface area contributed by atoms with E-state index in [2.05, 4.69) is 11.4 Å². The van der Waals surface area contributed by atoms with E-state index in [-0.39, 0.29) is 18.0 Å². The van der Waals surface area contributed by atoms with E-state index in [1.165, 1.54) is 0 Å². The number of rotatable bonds is 2. The Hall–Kier alpha value is -2.05. The van der Waals surface area contributed by atoms with E-state index in [0.29, 0.717) is 26.2 Å². The average molecular weight is 342 g/mol. The van der Waals surface area contributed by atoms with E-state index in [0.717, 1.165) is 16.2 Å². The monoisotopic (exact) mass is 342 g/mol. The Bertz CT molecular complexity index is 778. The number of urea groups is 1. The van der Waals surface area contributed by atoms with E-state index in [4.69, 9.17) is 9.47 Å². The molecule has 6 heteroatoms. The van der Waals surface area contributed by atoms with Gasteiger partial charge in [0.15, 0.2) is 5.72 Å². The molecule has 0 saturated carbocycles. The van der Waals surface area contributed by atoms with Crippen molar-refractivity contribution in [3.8, 4) is 5.75 Å². The van der Waals surface area contributed by atoms with Gasteiger partial charge in [0.1, 0.15) is 5.75 Å². The van der Waals surface area contributed by atoms with Gasteiger partial charge in [0.2, 0.25) is 0 Å². The van der Waals surface area contributed by atoms with Crippen LogP contribution in [0.15, 0.2) is 41.8 Å². The largest absolute Gasteiger partial charge is 0.467 e. The maximum Gasteiger partial charge on any atom is 0.321 e. The number of nitrogens with one attached hydrogen (secondary N) is 1. The number of hydrogen-bond acceptors (Lipinski definition) is 4. The number of ether oxygens (including phenoxy) is 2. The molecule has 4 heterocycles. The van der Waals surface area contributed by atoms with Crippen LogP contribution in [0.5, 0.6) is 5.75 Å². The van der Waals surface area contributed by atoms with Crippen LogP contribution in [0.2, 0.25) is 0 Å². The predicted octanol–water partition coefficient (Wildman–Crippen LogP) is 3.14. The molecule has 3 aliphatic heterocycles. The highest BCUT2D eigenvalue weighted by Crippen LogP contribution is 2.51. The van der Waals surface area contributed by atoms with Gasteiger partial charge in [0.25, 0.3) is 0 Å². The Morgan fingerprint density at radius 1 is 1.29 bits per heavy atom. The molecule has 1 aromatic heterocycles. The third kappa shape index (κ3) is 1.93. The second kappa shape index (κ2) is 5.22. The summed E-state index contributed by atoms with van der Waals surface area (Å²) in [6.07, 6.45) is 0.696. The number of carbonyl (C=O) groups excluding carboxylic acids is 1. The highest BCUT2D eigenvalue weighted by Gasteiger charge is 2.60. The van der Waals surface area contributed by atoms with Crippen LogP contribution in [0.3, 0.4) is 0 Å². The quantitative estimate of drug-likeness (QED) is 0.912. The van der Waals surface area contributed by atoms with Crippen LogP contribution in [0, 0.1) is 5.92 Å². The summed E-state index contributed by atoms with van der Waals surface area (Å²) in [4.78, 5) is 15.9. The second-order valence-corrected chi connectivity index (χ2v) is 7.54. The topological polar surface area (TPSA) is 50.8 Å². The number of amides is 2. The van der Waals surface area contributed by atoms with Gasteiger partial charge in [-0.2, -0.15) is 0 Å². The minimum atomic E-state index is -0.621. The molecular formula is C18H18N2O3S. The minimum Gasteiger partial charge on any atom is -0.467 e. The molecule has 1 aromatic carbocycles. The normalized spacial score (nSPS) is 30.8.